The summed E-state index contributed by atoms with van der Waals surface area (Å²) in [6.45, 7) is 9.36. The van der Waals surface area contributed by atoms with Crippen molar-refractivity contribution in [1.29, 1.82) is 0 Å². The van der Waals surface area contributed by atoms with E-state index in [0.29, 0.717) is 26.1 Å². The standard InChI is InChI=1S/C15H30BrNO5S/c1-14(2)11-13(12-15(3,4)17(14)16)23(19,20)10-9-22-8-7-21-6-5-18/h13,18H,5-12H2,1-4H3. The summed E-state index contributed by atoms with van der Waals surface area (Å²) in [5, 5.41) is 8.22. The maximum atomic E-state index is 12.6. The zero-order chi connectivity index (χ0) is 17.7. The highest BCUT2D eigenvalue weighted by Gasteiger charge is 2.48. The van der Waals surface area contributed by atoms with Gasteiger partial charge in [0.05, 0.1) is 44.0 Å². The first-order valence-electron chi connectivity index (χ1n) is 7.97. The Morgan fingerprint density at radius 1 is 1.04 bits per heavy atom. The fourth-order valence-electron chi connectivity index (χ4n) is 3.15. The Bertz CT molecular complexity index is 448. The molecule has 6 nitrogen and oxygen atoms in total. The van der Waals surface area contributed by atoms with E-state index in [1.54, 1.807) is 0 Å². The van der Waals surface area contributed by atoms with Crippen molar-refractivity contribution in [2.24, 2.45) is 0 Å². The fourth-order valence-corrected chi connectivity index (χ4v) is 5.44. The minimum Gasteiger partial charge on any atom is -0.394 e. The molecule has 0 aromatic rings. The van der Waals surface area contributed by atoms with Crippen molar-refractivity contribution in [3.63, 3.8) is 0 Å². The van der Waals surface area contributed by atoms with E-state index in [9.17, 15) is 8.42 Å². The van der Waals surface area contributed by atoms with Crippen LogP contribution >= 0.6 is 16.1 Å². The number of aliphatic hydroxyl groups excluding tert-OH is 1. The van der Waals surface area contributed by atoms with E-state index in [2.05, 4.69) is 47.8 Å². The summed E-state index contributed by atoms with van der Waals surface area (Å²) >= 11 is 3.60. The molecule has 0 aliphatic carbocycles. The zero-order valence-electron chi connectivity index (χ0n) is 14.5. The molecule has 0 bridgehead atoms. The van der Waals surface area contributed by atoms with Crippen LogP contribution in [0.25, 0.3) is 0 Å². The quantitative estimate of drug-likeness (QED) is 0.456. The van der Waals surface area contributed by atoms with Gasteiger partial charge in [0.15, 0.2) is 9.84 Å². The van der Waals surface area contributed by atoms with E-state index in [1.807, 2.05) is 0 Å². The second kappa shape index (κ2) is 8.58. The van der Waals surface area contributed by atoms with Gasteiger partial charge < -0.3 is 14.6 Å². The Kier molecular flexibility index (Phi) is 7.95. The van der Waals surface area contributed by atoms with Crippen LogP contribution < -0.4 is 0 Å². The Morgan fingerprint density at radius 3 is 2.00 bits per heavy atom. The number of halogens is 1. The number of aliphatic hydroxyl groups is 1. The van der Waals surface area contributed by atoms with Crippen LogP contribution in [0.5, 0.6) is 0 Å². The number of nitrogens with zero attached hydrogens (tertiary/aromatic N) is 1. The first kappa shape index (κ1) is 21.3. The lowest BCUT2D eigenvalue weighted by atomic mass is 9.82. The largest absolute Gasteiger partial charge is 0.394 e. The summed E-state index contributed by atoms with van der Waals surface area (Å²) in [6.07, 6.45) is 1.20. The normalized spacial score (nSPS) is 22.3. The third kappa shape index (κ3) is 6.25. The molecule has 1 N–H and O–H groups in total. The monoisotopic (exact) mass is 415 g/mol. The second-order valence-corrected chi connectivity index (χ2v) is 10.4. The van der Waals surface area contributed by atoms with E-state index in [-0.39, 0.29) is 41.9 Å². The highest BCUT2D eigenvalue weighted by molar-refractivity contribution is 9.07. The van der Waals surface area contributed by atoms with E-state index >= 15 is 0 Å². The summed E-state index contributed by atoms with van der Waals surface area (Å²) in [5.41, 5.74) is -0.447. The summed E-state index contributed by atoms with van der Waals surface area (Å²) in [5.74, 6) is 0.0338. The molecule has 0 aromatic carbocycles. The molecule has 0 aromatic heterocycles. The van der Waals surface area contributed by atoms with Gasteiger partial charge in [0.1, 0.15) is 0 Å². The summed E-state index contributed by atoms with van der Waals surface area (Å²) in [7, 11) is -3.20. The average Bonchev–Trinajstić information content (AvgIpc) is 2.43. The van der Waals surface area contributed by atoms with Gasteiger partial charge in [0.25, 0.3) is 0 Å². The van der Waals surface area contributed by atoms with Gasteiger partial charge in [0.2, 0.25) is 0 Å². The van der Waals surface area contributed by atoms with E-state index < -0.39 is 9.84 Å². The molecule has 1 fully saturated rings. The lowest BCUT2D eigenvalue weighted by molar-refractivity contribution is 0.0372. The van der Waals surface area contributed by atoms with Crippen LogP contribution in [-0.2, 0) is 19.3 Å². The van der Waals surface area contributed by atoms with Gasteiger partial charge in [-0.2, -0.15) is 0 Å². The summed E-state index contributed by atoms with van der Waals surface area (Å²) in [4.78, 5) is 0. The third-order valence-corrected chi connectivity index (χ3v) is 8.15. The van der Waals surface area contributed by atoms with Crippen molar-refractivity contribution in [3.8, 4) is 0 Å². The molecule has 1 heterocycles. The Hall–Kier alpha value is 0.270. The predicted octanol–water partition coefficient (Wildman–Crippen LogP) is 1.76. The fraction of sp³-hybridized carbons (Fsp3) is 1.00. The van der Waals surface area contributed by atoms with Crippen LogP contribution in [0.15, 0.2) is 0 Å². The lowest BCUT2D eigenvalue weighted by Crippen LogP contribution is -2.58. The topological polar surface area (TPSA) is 76.1 Å². The number of rotatable bonds is 9. The van der Waals surface area contributed by atoms with Crippen molar-refractivity contribution in [2.45, 2.75) is 56.9 Å². The SMILES string of the molecule is CC1(C)CC(S(=O)(=O)CCOCCOCCO)CC(C)(C)N1Br. The van der Waals surface area contributed by atoms with Crippen molar-refractivity contribution in [3.05, 3.63) is 0 Å². The van der Waals surface area contributed by atoms with Crippen molar-refractivity contribution >= 4 is 26.0 Å². The molecule has 0 saturated carbocycles. The van der Waals surface area contributed by atoms with Crippen LogP contribution in [0, 0.1) is 0 Å². The molecule has 1 aliphatic heterocycles. The van der Waals surface area contributed by atoms with Crippen molar-refractivity contribution in [2.75, 3.05) is 38.8 Å². The lowest BCUT2D eigenvalue weighted by Gasteiger charge is -2.51. The molecule has 1 rings (SSSR count). The number of ether oxygens (including phenoxy) is 2. The third-order valence-electron chi connectivity index (χ3n) is 4.15. The molecule has 8 heteroatoms. The molecule has 0 spiro atoms. The molecular weight excluding hydrogens is 386 g/mol. The Balaban J connectivity index is 2.50. The van der Waals surface area contributed by atoms with Gasteiger partial charge in [0, 0.05) is 27.2 Å². The van der Waals surface area contributed by atoms with Gasteiger partial charge in [-0.05, 0) is 40.5 Å². The molecule has 1 saturated heterocycles. The van der Waals surface area contributed by atoms with Crippen LogP contribution in [-0.4, -0.2) is 72.6 Å². The second-order valence-electron chi connectivity index (χ2n) is 7.25. The van der Waals surface area contributed by atoms with Gasteiger partial charge in [-0.1, -0.05) is 0 Å². The van der Waals surface area contributed by atoms with Gasteiger partial charge in [-0.3, -0.25) is 0 Å². The van der Waals surface area contributed by atoms with Crippen LogP contribution in [0.4, 0.5) is 0 Å². The van der Waals surface area contributed by atoms with Crippen LogP contribution in [0.1, 0.15) is 40.5 Å². The van der Waals surface area contributed by atoms with E-state index in [1.165, 1.54) is 0 Å². The molecule has 0 atom stereocenters. The molecular formula is C15H30BrNO5S. The van der Waals surface area contributed by atoms with Crippen LogP contribution in [0.3, 0.4) is 0 Å². The van der Waals surface area contributed by atoms with E-state index in [4.69, 9.17) is 14.6 Å². The molecule has 23 heavy (non-hydrogen) atoms. The number of hydrogen-bond donors (Lipinski definition) is 1. The maximum absolute atomic E-state index is 12.6. The summed E-state index contributed by atoms with van der Waals surface area (Å²) in [6, 6.07) is 0. The van der Waals surface area contributed by atoms with Gasteiger partial charge >= 0.3 is 0 Å². The molecule has 0 radical (unpaired) electrons. The smallest absolute Gasteiger partial charge is 0.155 e. The number of hydrogen-bond acceptors (Lipinski definition) is 6. The van der Waals surface area contributed by atoms with Crippen molar-refractivity contribution in [1.82, 2.24) is 3.93 Å². The van der Waals surface area contributed by atoms with Gasteiger partial charge in [-0.15, -0.1) is 0 Å². The molecule has 138 valence electrons. The van der Waals surface area contributed by atoms with Crippen LogP contribution in [0.2, 0.25) is 0 Å². The summed E-state index contributed by atoms with van der Waals surface area (Å²) < 4.78 is 37.7. The molecule has 1 aliphatic rings. The first-order chi connectivity index (χ1) is 10.5. The zero-order valence-corrected chi connectivity index (χ0v) is 17.0. The number of sulfone groups is 1. The molecule has 0 unspecified atom stereocenters. The predicted molar refractivity (Wildman–Crippen MR) is 94.5 cm³/mol. The average molecular weight is 416 g/mol. The first-order valence-corrected chi connectivity index (χ1v) is 10.4. The van der Waals surface area contributed by atoms with Crippen molar-refractivity contribution < 1.29 is 23.0 Å². The highest BCUT2D eigenvalue weighted by atomic mass is 79.9. The highest BCUT2D eigenvalue weighted by Crippen LogP contribution is 2.43. The van der Waals surface area contributed by atoms with E-state index in [0.717, 1.165) is 0 Å². The minimum absolute atomic E-state index is 0.0216. The maximum Gasteiger partial charge on any atom is 0.155 e. The number of piperidine rings is 1. The Morgan fingerprint density at radius 2 is 1.52 bits per heavy atom. The van der Waals surface area contributed by atoms with Gasteiger partial charge in [-0.25, -0.2) is 12.3 Å². The molecule has 0 amide bonds. The minimum atomic E-state index is -3.20. The Labute approximate surface area is 148 Å².